The van der Waals surface area contributed by atoms with Crippen LogP contribution < -0.4 is 0 Å². The van der Waals surface area contributed by atoms with Gasteiger partial charge < -0.3 is 19.8 Å². The summed E-state index contributed by atoms with van der Waals surface area (Å²) in [6.45, 7) is 3.76. The third-order valence-corrected chi connectivity index (χ3v) is 5.89. The number of hydrogen-bond donors (Lipinski definition) is 1. The molecule has 5 heteroatoms. The number of likely N-dealkylation sites (tertiary alicyclic amines) is 1. The molecule has 1 atom stereocenters. The van der Waals surface area contributed by atoms with Crippen LogP contribution in [0.1, 0.15) is 56.9 Å². The normalized spacial score (nSPS) is 17.0. The Morgan fingerprint density at radius 2 is 1.83 bits per heavy atom. The van der Waals surface area contributed by atoms with Crippen molar-refractivity contribution in [2.24, 2.45) is 0 Å². The summed E-state index contributed by atoms with van der Waals surface area (Å²) in [4.78, 5) is 19.9. The number of urea groups is 1. The van der Waals surface area contributed by atoms with Crippen LogP contribution in [0.5, 0.6) is 0 Å². The smallest absolute Gasteiger partial charge is 0.320 e. The number of nitrogens with zero attached hydrogens (tertiary/aromatic N) is 3. The highest BCUT2D eigenvalue weighted by Gasteiger charge is 2.29. The summed E-state index contributed by atoms with van der Waals surface area (Å²) in [6.07, 6.45) is 9.45. The first-order chi connectivity index (χ1) is 14.1. The van der Waals surface area contributed by atoms with Crippen molar-refractivity contribution in [3.05, 3.63) is 35.9 Å². The largest absolute Gasteiger partial charge is 0.396 e. The first kappa shape index (κ1) is 23.7. The predicted molar refractivity (Wildman–Crippen MR) is 120 cm³/mol. The van der Waals surface area contributed by atoms with Gasteiger partial charge in [0.2, 0.25) is 0 Å². The molecule has 1 unspecified atom stereocenters. The van der Waals surface area contributed by atoms with E-state index in [0.717, 1.165) is 77.5 Å². The number of aliphatic hydroxyl groups excluding tert-OH is 1. The summed E-state index contributed by atoms with van der Waals surface area (Å²) in [5, 5.41) is 9.02. The Morgan fingerprint density at radius 3 is 2.55 bits per heavy atom. The Kier molecular flexibility index (Phi) is 11.1. The van der Waals surface area contributed by atoms with Crippen LogP contribution >= 0.6 is 0 Å². The molecule has 0 bridgehead atoms. The second-order valence-corrected chi connectivity index (χ2v) is 8.58. The zero-order chi connectivity index (χ0) is 20.9. The fourth-order valence-corrected chi connectivity index (χ4v) is 4.19. The van der Waals surface area contributed by atoms with Crippen LogP contribution in [0, 0.1) is 0 Å². The average Bonchev–Trinajstić information content (AvgIpc) is 2.74. The van der Waals surface area contributed by atoms with Crippen molar-refractivity contribution in [2.75, 3.05) is 46.9 Å². The van der Waals surface area contributed by atoms with Gasteiger partial charge >= 0.3 is 6.03 Å². The zero-order valence-electron chi connectivity index (χ0n) is 18.6. The van der Waals surface area contributed by atoms with Crippen LogP contribution in [0.25, 0.3) is 0 Å². The fourth-order valence-electron chi connectivity index (χ4n) is 4.19. The molecule has 164 valence electrons. The van der Waals surface area contributed by atoms with E-state index in [1.54, 1.807) is 0 Å². The summed E-state index contributed by atoms with van der Waals surface area (Å²) in [6, 6.07) is 11.1. The van der Waals surface area contributed by atoms with Gasteiger partial charge in [-0.15, -0.1) is 0 Å². The highest BCUT2D eigenvalue weighted by Crippen LogP contribution is 2.23. The van der Waals surface area contributed by atoms with Gasteiger partial charge in [0.25, 0.3) is 0 Å². The van der Waals surface area contributed by atoms with E-state index in [0.29, 0.717) is 6.04 Å². The minimum absolute atomic E-state index is 0.228. The molecule has 5 nitrogen and oxygen atoms in total. The van der Waals surface area contributed by atoms with Crippen LogP contribution in [0.2, 0.25) is 0 Å². The molecular weight excluding hydrogens is 362 g/mol. The molecule has 1 aliphatic rings. The maximum Gasteiger partial charge on any atom is 0.320 e. The van der Waals surface area contributed by atoms with Crippen LogP contribution in [0.4, 0.5) is 4.79 Å². The molecule has 1 aromatic carbocycles. The third-order valence-electron chi connectivity index (χ3n) is 5.89. The first-order valence-corrected chi connectivity index (χ1v) is 11.5. The van der Waals surface area contributed by atoms with Crippen LogP contribution in [0.3, 0.4) is 0 Å². The number of benzene rings is 1. The minimum Gasteiger partial charge on any atom is -0.396 e. The molecule has 0 radical (unpaired) electrons. The summed E-state index contributed by atoms with van der Waals surface area (Å²) < 4.78 is 0. The molecule has 1 N–H and O–H groups in total. The number of aliphatic hydroxyl groups is 1. The number of amides is 2. The number of piperidine rings is 1. The lowest BCUT2D eigenvalue weighted by Gasteiger charge is -2.39. The Hall–Kier alpha value is -1.59. The van der Waals surface area contributed by atoms with Gasteiger partial charge in [-0.25, -0.2) is 4.79 Å². The number of unbranched alkanes of at least 4 members (excludes halogenated alkanes) is 2. The van der Waals surface area contributed by atoms with Crippen molar-refractivity contribution < 1.29 is 9.90 Å². The topological polar surface area (TPSA) is 47.0 Å². The average molecular weight is 404 g/mol. The Morgan fingerprint density at radius 1 is 1.03 bits per heavy atom. The lowest BCUT2D eigenvalue weighted by Crippen LogP contribution is -2.51. The van der Waals surface area contributed by atoms with E-state index >= 15 is 0 Å². The summed E-state index contributed by atoms with van der Waals surface area (Å²) >= 11 is 0. The van der Waals surface area contributed by atoms with E-state index in [1.807, 2.05) is 6.07 Å². The monoisotopic (exact) mass is 403 g/mol. The van der Waals surface area contributed by atoms with E-state index < -0.39 is 0 Å². The van der Waals surface area contributed by atoms with Gasteiger partial charge in [-0.1, -0.05) is 43.2 Å². The van der Waals surface area contributed by atoms with Gasteiger partial charge in [0, 0.05) is 32.3 Å². The van der Waals surface area contributed by atoms with Gasteiger partial charge in [-0.2, -0.15) is 0 Å². The predicted octanol–water partition coefficient (Wildman–Crippen LogP) is 4.01. The van der Waals surface area contributed by atoms with Gasteiger partial charge in [-0.3, -0.25) is 0 Å². The van der Waals surface area contributed by atoms with Crippen molar-refractivity contribution in [2.45, 2.75) is 63.8 Å². The summed E-state index contributed by atoms with van der Waals surface area (Å²) in [7, 11) is 4.17. The molecular formula is C24H41N3O2. The van der Waals surface area contributed by atoms with E-state index in [-0.39, 0.29) is 12.6 Å². The Balaban J connectivity index is 1.97. The maximum atomic E-state index is 13.5. The van der Waals surface area contributed by atoms with Gasteiger partial charge in [0.15, 0.2) is 0 Å². The second kappa shape index (κ2) is 13.6. The van der Waals surface area contributed by atoms with Gasteiger partial charge in [0.05, 0.1) is 0 Å². The second-order valence-electron chi connectivity index (χ2n) is 8.58. The molecule has 0 saturated carbocycles. The van der Waals surface area contributed by atoms with Crippen LogP contribution in [-0.2, 0) is 6.42 Å². The Bertz CT molecular complexity index is 565. The SMILES string of the molecule is CN(C)CCCN(CCc1ccccc1)C(=O)N1CCCCC1CCCCCO. The van der Waals surface area contributed by atoms with Gasteiger partial charge in [0.1, 0.15) is 0 Å². The third kappa shape index (κ3) is 8.75. The van der Waals surface area contributed by atoms with Crippen LogP contribution in [-0.4, -0.2) is 78.8 Å². The Labute approximate surface area is 177 Å². The zero-order valence-corrected chi connectivity index (χ0v) is 18.6. The highest BCUT2D eigenvalue weighted by atomic mass is 16.3. The molecule has 1 fully saturated rings. The lowest BCUT2D eigenvalue weighted by molar-refractivity contribution is 0.109. The van der Waals surface area contributed by atoms with E-state index in [1.165, 1.54) is 12.0 Å². The molecule has 0 spiro atoms. The van der Waals surface area contributed by atoms with Gasteiger partial charge in [-0.05, 0) is 71.1 Å². The standard InChI is InChI=1S/C24H41N3O2/c1-25(2)17-11-18-26(20-16-22-12-5-3-6-13-22)24(29)27-19-9-8-15-23(27)14-7-4-10-21-28/h3,5-6,12-13,23,28H,4,7-11,14-21H2,1-2H3. The highest BCUT2D eigenvalue weighted by molar-refractivity contribution is 5.75. The maximum absolute atomic E-state index is 13.5. The lowest BCUT2D eigenvalue weighted by atomic mass is 9.97. The number of carbonyl (C=O) groups excluding carboxylic acids is 1. The number of rotatable bonds is 12. The van der Waals surface area contributed by atoms with Crippen molar-refractivity contribution in [3.63, 3.8) is 0 Å². The molecule has 29 heavy (non-hydrogen) atoms. The van der Waals surface area contributed by atoms with Crippen molar-refractivity contribution in [3.8, 4) is 0 Å². The van der Waals surface area contributed by atoms with Crippen molar-refractivity contribution in [1.82, 2.24) is 14.7 Å². The first-order valence-electron chi connectivity index (χ1n) is 11.5. The van der Waals surface area contributed by atoms with E-state index in [4.69, 9.17) is 5.11 Å². The molecule has 0 aliphatic carbocycles. The molecule has 1 saturated heterocycles. The van der Waals surface area contributed by atoms with Crippen LogP contribution in [0.15, 0.2) is 30.3 Å². The molecule has 2 rings (SSSR count). The number of hydrogen-bond acceptors (Lipinski definition) is 3. The molecule has 0 aromatic heterocycles. The molecule has 2 amide bonds. The number of carbonyl (C=O) groups is 1. The molecule has 1 aromatic rings. The van der Waals surface area contributed by atoms with E-state index in [2.05, 4.69) is 53.1 Å². The molecule has 1 heterocycles. The van der Waals surface area contributed by atoms with E-state index in [9.17, 15) is 4.79 Å². The minimum atomic E-state index is 0.228. The summed E-state index contributed by atoms with van der Waals surface area (Å²) in [5.41, 5.74) is 1.29. The summed E-state index contributed by atoms with van der Waals surface area (Å²) in [5.74, 6) is 0. The quantitative estimate of drug-likeness (QED) is 0.537. The molecule has 1 aliphatic heterocycles. The fraction of sp³-hybridized carbons (Fsp3) is 0.708. The van der Waals surface area contributed by atoms with Crippen molar-refractivity contribution >= 4 is 6.03 Å². The van der Waals surface area contributed by atoms with Crippen molar-refractivity contribution in [1.29, 1.82) is 0 Å².